The number of hydrazone groups is 1. The zero-order valence-corrected chi connectivity index (χ0v) is 15.8. The molecule has 0 aliphatic heterocycles. The first-order valence-corrected chi connectivity index (χ1v) is 9.80. The number of benzene rings is 3. The molecule has 0 fully saturated rings. The number of hydrogen-bond donors (Lipinski definition) is 1. The Morgan fingerprint density at radius 1 is 0.964 bits per heavy atom. The molecule has 1 N–H and O–H groups in total. The van der Waals surface area contributed by atoms with Gasteiger partial charge in [-0.2, -0.15) is 5.10 Å². The zero-order valence-electron chi connectivity index (χ0n) is 14.9. The molecule has 3 aromatic rings. The van der Waals surface area contributed by atoms with Crippen molar-refractivity contribution in [1.82, 2.24) is 0 Å². The minimum Gasteiger partial charge on any atom is -0.279 e. The summed E-state index contributed by atoms with van der Waals surface area (Å²) in [5.41, 5.74) is 4.90. The Balaban J connectivity index is 1.72. The molecule has 3 aromatic carbocycles. The second kappa shape index (κ2) is 8.01. The number of nitro benzene ring substituents is 1. The number of aryl methyl sites for hydroxylation is 1. The number of nitro groups is 1. The third-order valence-electron chi connectivity index (χ3n) is 3.98. The van der Waals surface area contributed by atoms with E-state index in [0.717, 1.165) is 5.56 Å². The number of hydrogen-bond acceptors (Lipinski definition) is 6. The van der Waals surface area contributed by atoms with Crippen molar-refractivity contribution >= 4 is 27.4 Å². The van der Waals surface area contributed by atoms with Crippen molar-refractivity contribution in [2.45, 2.75) is 16.7 Å². The summed E-state index contributed by atoms with van der Waals surface area (Å²) in [6, 6.07) is 19.0. The molecule has 0 radical (unpaired) electrons. The van der Waals surface area contributed by atoms with E-state index in [9.17, 15) is 18.5 Å². The first kappa shape index (κ1) is 19.2. The van der Waals surface area contributed by atoms with Crippen molar-refractivity contribution in [2.75, 3.05) is 5.43 Å². The van der Waals surface area contributed by atoms with E-state index in [0.29, 0.717) is 11.3 Å². The minimum atomic E-state index is -3.58. The Kier molecular flexibility index (Phi) is 5.51. The maximum Gasteiger partial charge on any atom is 0.270 e. The second-order valence-electron chi connectivity index (χ2n) is 6.06. The molecule has 0 spiro atoms. The lowest BCUT2D eigenvalue weighted by atomic mass is 10.2. The number of nitrogens with one attached hydrogen (secondary N) is 1. The van der Waals surface area contributed by atoms with E-state index in [4.69, 9.17) is 0 Å². The van der Waals surface area contributed by atoms with E-state index in [1.54, 1.807) is 48.5 Å². The molecule has 0 aromatic heterocycles. The number of anilines is 1. The van der Waals surface area contributed by atoms with Crippen LogP contribution in [0.25, 0.3) is 0 Å². The van der Waals surface area contributed by atoms with Crippen LogP contribution in [-0.4, -0.2) is 19.6 Å². The topological polar surface area (TPSA) is 102 Å². The molecule has 142 valence electrons. The smallest absolute Gasteiger partial charge is 0.270 e. The molecule has 0 saturated carbocycles. The van der Waals surface area contributed by atoms with Crippen LogP contribution in [-0.2, 0) is 9.84 Å². The molecule has 0 bridgehead atoms. The minimum absolute atomic E-state index is 0.0189. The van der Waals surface area contributed by atoms with Crippen molar-refractivity contribution in [3.05, 3.63) is 94.0 Å². The van der Waals surface area contributed by atoms with Gasteiger partial charge >= 0.3 is 0 Å². The molecule has 0 atom stereocenters. The van der Waals surface area contributed by atoms with E-state index in [1.165, 1.54) is 30.5 Å². The summed E-state index contributed by atoms with van der Waals surface area (Å²) in [7, 11) is -3.58. The van der Waals surface area contributed by atoms with E-state index in [-0.39, 0.29) is 15.5 Å². The summed E-state index contributed by atoms with van der Waals surface area (Å²) in [5, 5.41) is 14.8. The fraction of sp³-hybridized carbons (Fsp3) is 0.0500. The Bertz CT molecular complexity index is 1120. The summed E-state index contributed by atoms with van der Waals surface area (Å²) in [6.45, 7) is 1.89. The largest absolute Gasteiger partial charge is 0.279 e. The Hall–Kier alpha value is -3.52. The predicted octanol–water partition coefficient (Wildman–Crippen LogP) is 4.18. The molecule has 0 aliphatic carbocycles. The van der Waals surface area contributed by atoms with Crippen LogP contribution < -0.4 is 5.43 Å². The Morgan fingerprint density at radius 3 is 2.18 bits per heavy atom. The van der Waals surface area contributed by atoms with Crippen LogP contribution in [0.15, 0.2) is 87.7 Å². The number of non-ortho nitro benzene ring substituents is 1. The zero-order chi connectivity index (χ0) is 20.1. The second-order valence-corrected chi connectivity index (χ2v) is 8.01. The molecule has 0 aliphatic rings. The highest BCUT2D eigenvalue weighted by atomic mass is 32.2. The van der Waals surface area contributed by atoms with Crippen LogP contribution in [0.4, 0.5) is 11.4 Å². The van der Waals surface area contributed by atoms with Gasteiger partial charge in [-0.05, 0) is 43.3 Å². The fourth-order valence-electron chi connectivity index (χ4n) is 2.46. The van der Waals surface area contributed by atoms with Crippen LogP contribution in [0, 0.1) is 17.0 Å². The molecule has 0 heterocycles. The van der Waals surface area contributed by atoms with Gasteiger partial charge in [-0.25, -0.2) is 8.42 Å². The Labute approximate surface area is 162 Å². The molecule has 0 unspecified atom stereocenters. The lowest BCUT2D eigenvalue weighted by molar-refractivity contribution is -0.384. The highest BCUT2D eigenvalue weighted by molar-refractivity contribution is 7.91. The normalized spacial score (nSPS) is 11.5. The van der Waals surface area contributed by atoms with E-state index in [2.05, 4.69) is 10.5 Å². The third-order valence-corrected chi connectivity index (χ3v) is 5.77. The summed E-state index contributed by atoms with van der Waals surface area (Å²) < 4.78 is 25.3. The van der Waals surface area contributed by atoms with Gasteiger partial charge in [0.05, 0.1) is 26.6 Å². The van der Waals surface area contributed by atoms with Crippen LogP contribution in [0.3, 0.4) is 0 Å². The molecule has 3 rings (SSSR count). The average molecular weight is 395 g/mol. The van der Waals surface area contributed by atoms with Gasteiger partial charge in [-0.3, -0.25) is 15.5 Å². The van der Waals surface area contributed by atoms with Crippen molar-refractivity contribution in [3.8, 4) is 0 Å². The molecule has 28 heavy (non-hydrogen) atoms. The van der Waals surface area contributed by atoms with Gasteiger partial charge in [-0.1, -0.05) is 29.8 Å². The summed E-state index contributed by atoms with van der Waals surface area (Å²) >= 11 is 0. The van der Waals surface area contributed by atoms with Crippen LogP contribution in [0.2, 0.25) is 0 Å². The summed E-state index contributed by atoms with van der Waals surface area (Å²) in [5.74, 6) is 0. The first-order valence-electron chi connectivity index (χ1n) is 8.31. The highest BCUT2D eigenvalue weighted by Crippen LogP contribution is 2.22. The summed E-state index contributed by atoms with van der Waals surface area (Å²) in [4.78, 5) is 10.7. The van der Waals surface area contributed by atoms with Gasteiger partial charge in [0.2, 0.25) is 9.84 Å². The molecule has 0 saturated heterocycles. The van der Waals surface area contributed by atoms with Crippen LogP contribution in [0.5, 0.6) is 0 Å². The van der Waals surface area contributed by atoms with Gasteiger partial charge in [0, 0.05) is 17.7 Å². The van der Waals surface area contributed by atoms with Crippen molar-refractivity contribution in [2.24, 2.45) is 5.10 Å². The molecule has 7 nitrogen and oxygen atoms in total. The third kappa shape index (κ3) is 4.41. The van der Waals surface area contributed by atoms with Crippen molar-refractivity contribution < 1.29 is 13.3 Å². The maximum atomic E-state index is 12.6. The monoisotopic (exact) mass is 395 g/mol. The molecule has 0 amide bonds. The van der Waals surface area contributed by atoms with Gasteiger partial charge in [-0.15, -0.1) is 0 Å². The SMILES string of the molecule is Cc1ccc(S(=O)(=O)c2ccc(N/N=C\c3cccc([N+](=O)[O-])c3)cc2)cc1. The van der Waals surface area contributed by atoms with E-state index < -0.39 is 14.8 Å². The first-order chi connectivity index (χ1) is 13.4. The number of sulfone groups is 1. The Morgan fingerprint density at radius 2 is 1.57 bits per heavy atom. The van der Waals surface area contributed by atoms with E-state index >= 15 is 0 Å². The highest BCUT2D eigenvalue weighted by Gasteiger charge is 2.17. The molecule has 8 heteroatoms. The van der Waals surface area contributed by atoms with Gasteiger partial charge in [0.25, 0.3) is 5.69 Å². The van der Waals surface area contributed by atoms with Crippen molar-refractivity contribution in [3.63, 3.8) is 0 Å². The lowest BCUT2D eigenvalue weighted by Gasteiger charge is -2.06. The standard InChI is InChI=1S/C20H17N3O4S/c1-15-5-9-19(10-6-15)28(26,27)20-11-7-17(8-12-20)22-21-14-16-3-2-4-18(13-16)23(24)25/h2-14,22H,1H3/b21-14-. The molecular formula is C20H17N3O4S. The number of nitrogens with zero attached hydrogens (tertiary/aromatic N) is 2. The average Bonchev–Trinajstić information content (AvgIpc) is 2.69. The maximum absolute atomic E-state index is 12.6. The number of rotatable bonds is 6. The lowest BCUT2D eigenvalue weighted by Crippen LogP contribution is -2.02. The van der Waals surface area contributed by atoms with Gasteiger partial charge < -0.3 is 0 Å². The van der Waals surface area contributed by atoms with Crippen LogP contribution >= 0.6 is 0 Å². The van der Waals surface area contributed by atoms with Gasteiger partial charge in [0.1, 0.15) is 0 Å². The quantitative estimate of drug-likeness (QED) is 0.383. The van der Waals surface area contributed by atoms with Crippen LogP contribution in [0.1, 0.15) is 11.1 Å². The molecular weight excluding hydrogens is 378 g/mol. The summed E-state index contributed by atoms with van der Waals surface area (Å²) in [6.07, 6.45) is 1.45. The fourth-order valence-corrected chi connectivity index (χ4v) is 3.72. The van der Waals surface area contributed by atoms with E-state index in [1.807, 2.05) is 6.92 Å². The predicted molar refractivity (Wildman–Crippen MR) is 107 cm³/mol. The van der Waals surface area contributed by atoms with Crippen molar-refractivity contribution in [1.29, 1.82) is 0 Å². The van der Waals surface area contributed by atoms with Gasteiger partial charge in [0.15, 0.2) is 0 Å².